The Kier molecular flexibility index (Phi) is 4.19. The average Bonchev–Trinajstić information content (AvgIpc) is 2.21. The van der Waals surface area contributed by atoms with Gasteiger partial charge in [0.05, 0.1) is 6.10 Å². The van der Waals surface area contributed by atoms with Crippen molar-refractivity contribution in [3.63, 3.8) is 0 Å². The first-order chi connectivity index (χ1) is 7.41. The third-order valence-electron chi connectivity index (χ3n) is 3.10. The van der Waals surface area contributed by atoms with E-state index in [4.69, 9.17) is 0 Å². The summed E-state index contributed by atoms with van der Waals surface area (Å²) in [5, 5.41) is 28.9. The van der Waals surface area contributed by atoms with Gasteiger partial charge in [0.1, 0.15) is 11.5 Å². The van der Waals surface area contributed by atoms with E-state index in [1.165, 1.54) is 18.2 Å². The van der Waals surface area contributed by atoms with Gasteiger partial charge in [-0.15, -0.1) is 0 Å². The van der Waals surface area contributed by atoms with Crippen molar-refractivity contribution < 1.29 is 15.3 Å². The van der Waals surface area contributed by atoms with E-state index < -0.39 is 6.10 Å². The molecule has 0 amide bonds. The van der Waals surface area contributed by atoms with E-state index in [0.717, 1.165) is 0 Å². The lowest BCUT2D eigenvalue weighted by molar-refractivity contribution is 0.132. The second kappa shape index (κ2) is 5.21. The second-order valence-corrected chi connectivity index (χ2v) is 4.72. The Labute approximate surface area is 96.4 Å². The highest BCUT2D eigenvalue weighted by atomic mass is 16.3. The molecule has 2 unspecified atom stereocenters. The van der Waals surface area contributed by atoms with E-state index in [1.807, 2.05) is 0 Å². The van der Waals surface area contributed by atoms with Gasteiger partial charge in [0.25, 0.3) is 0 Å². The van der Waals surface area contributed by atoms with Crippen molar-refractivity contribution >= 4 is 0 Å². The molecule has 3 N–H and O–H groups in total. The lowest BCUT2D eigenvalue weighted by Crippen LogP contribution is -2.10. The summed E-state index contributed by atoms with van der Waals surface area (Å²) in [6, 6.07) is 4.21. The van der Waals surface area contributed by atoms with E-state index in [0.29, 0.717) is 23.8 Å². The van der Waals surface area contributed by atoms with E-state index in [9.17, 15) is 15.3 Å². The molecule has 0 spiro atoms. The zero-order valence-electron chi connectivity index (χ0n) is 10.0. The van der Waals surface area contributed by atoms with E-state index in [1.54, 1.807) is 0 Å². The number of hydrogen-bond acceptors (Lipinski definition) is 3. The molecule has 0 saturated carbocycles. The van der Waals surface area contributed by atoms with E-state index in [-0.39, 0.29) is 11.5 Å². The van der Waals surface area contributed by atoms with Crippen molar-refractivity contribution in [1.29, 1.82) is 0 Å². The largest absolute Gasteiger partial charge is 0.508 e. The lowest BCUT2D eigenvalue weighted by atomic mass is 9.89. The van der Waals surface area contributed by atoms with Gasteiger partial charge in [-0.1, -0.05) is 20.8 Å². The molecule has 3 nitrogen and oxygen atoms in total. The van der Waals surface area contributed by atoms with Gasteiger partial charge in [0.2, 0.25) is 0 Å². The minimum absolute atomic E-state index is 0.0289. The molecular formula is C13H20O3. The fraction of sp³-hybridized carbons (Fsp3) is 0.538. The van der Waals surface area contributed by atoms with Crippen molar-refractivity contribution in [2.45, 2.75) is 33.3 Å². The van der Waals surface area contributed by atoms with Gasteiger partial charge in [-0.25, -0.2) is 0 Å². The number of aromatic hydroxyl groups is 2. The SMILES string of the molecule is CC(C)C(C)CC(O)c1cc(O)ccc1O. The first kappa shape index (κ1) is 12.8. The van der Waals surface area contributed by atoms with Crippen LogP contribution in [0.5, 0.6) is 11.5 Å². The van der Waals surface area contributed by atoms with Crippen molar-refractivity contribution in [1.82, 2.24) is 0 Å². The maximum Gasteiger partial charge on any atom is 0.121 e. The lowest BCUT2D eigenvalue weighted by Gasteiger charge is -2.20. The zero-order valence-corrected chi connectivity index (χ0v) is 10.0. The Morgan fingerprint density at radius 2 is 1.75 bits per heavy atom. The van der Waals surface area contributed by atoms with Crippen LogP contribution in [-0.4, -0.2) is 15.3 Å². The number of aliphatic hydroxyl groups excluding tert-OH is 1. The molecule has 16 heavy (non-hydrogen) atoms. The fourth-order valence-corrected chi connectivity index (χ4v) is 1.56. The van der Waals surface area contributed by atoms with Crippen LogP contribution in [0.15, 0.2) is 18.2 Å². The Bertz CT molecular complexity index is 347. The highest BCUT2D eigenvalue weighted by molar-refractivity contribution is 5.39. The molecule has 0 aliphatic carbocycles. The summed E-state index contributed by atoms with van der Waals surface area (Å²) in [7, 11) is 0. The monoisotopic (exact) mass is 224 g/mol. The number of aliphatic hydroxyl groups is 1. The topological polar surface area (TPSA) is 60.7 Å². The highest BCUT2D eigenvalue weighted by Gasteiger charge is 2.18. The molecule has 0 heterocycles. The van der Waals surface area contributed by atoms with Crippen LogP contribution in [-0.2, 0) is 0 Å². The molecule has 1 aromatic rings. The summed E-state index contributed by atoms with van der Waals surface area (Å²) in [6.07, 6.45) is -0.154. The van der Waals surface area contributed by atoms with E-state index >= 15 is 0 Å². The molecule has 1 rings (SSSR count). The quantitative estimate of drug-likeness (QED) is 0.689. The van der Waals surface area contributed by atoms with Crippen LogP contribution in [0.25, 0.3) is 0 Å². The van der Waals surface area contributed by atoms with Crippen LogP contribution < -0.4 is 0 Å². The normalized spacial score (nSPS) is 15.1. The Hall–Kier alpha value is -1.22. The number of benzene rings is 1. The summed E-state index contributed by atoms with van der Waals surface area (Å²) >= 11 is 0. The van der Waals surface area contributed by atoms with Crippen molar-refractivity contribution in [2.24, 2.45) is 11.8 Å². The summed E-state index contributed by atoms with van der Waals surface area (Å²) in [5.41, 5.74) is 0.396. The van der Waals surface area contributed by atoms with Gasteiger partial charge in [0.15, 0.2) is 0 Å². The summed E-state index contributed by atoms with van der Waals surface area (Å²) in [5.74, 6) is 0.927. The fourth-order valence-electron chi connectivity index (χ4n) is 1.56. The Morgan fingerprint density at radius 1 is 1.12 bits per heavy atom. The maximum atomic E-state index is 9.97. The van der Waals surface area contributed by atoms with Gasteiger partial charge in [-0.2, -0.15) is 0 Å². The van der Waals surface area contributed by atoms with Gasteiger partial charge < -0.3 is 15.3 Å². The Morgan fingerprint density at radius 3 is 2.31 bits per heavy atom. The van der Waals surface area contributed by atoms with Crippen molar-refractivity contribution in [2.75, 3.05) is 0 Å². The predicted molar refractivity (Wildman–Crippen MR) is 63.4 cm³/mol. The van der Waals surface area contributed by atoms with Crippen LogP contribution in [0.2, 0.25) is 0 Å². The van der Waals surface area contributed by atoms with Crippen LogP contribution in [0.1, 0.15) is 38.9 Å². The molecule has 90 valence electrons. The van der Waals surface area contributed by atoms with Gasteiger partial charge in [-0.05, 0) is 36.5 Å². The summed E-state index contributed by atoms with van der Waals surface area (Å²) in [4.78, 5) is 0. The van der Waals surface area contributed by atoms with Crippen LogP contribution >= 0.6 is 0 Å². The first-order valence-corrected chi connectivity index (χ1v) is 5.61. The van der Waals surface area contributed by atoms with Crippen molar-refractivity contribution in [3.8, 4) is 11.5 Å². The minimum atomic E-state index is -0.732. The molecule has 0 saturated heterocycles. The number of rotatable bonds is 4. The maximum absolute atomic E-state index is 9.97. The Balaban J connectivity index is 2.80. The molecule has 1 aromatic carbocycles. The molecule has 3 heteroatoms. The molecule has 0 bridgehead atoms. The van der Waals surface area contributed by atoms with Crippen LogP contribution in [0, 0.1) is 11.8 Å². The molecule has 2 atom stereocenters. The smallest absolute Gasteiger partial charge is 0.121 e. The molecule has 0 aliphatic rings. The number of hydrogen-bond donors (Lipinski definition) is 3. The average molecular weight is 224 g/mol. The van der Waals surface area contributed by atoms with Gasteiger partial charge >= 0.3 is 0 Å². The molecule has 0 fully saturated rings. The van der Waals surface area contributed by atoms with E-state index in [2.05, 4.69) is 20.8 Å². The standard InChI is InChI=1S/C13H20O3/c1-8(2)9(3)6-13(16)11-7-10(14)4-5-12(11)15/h4-5,7-9,13-16H,6H2,1-3H3. The third kappa shape index (κ3) is 3.14. The minimum Gasteiger partial charge on any atom is -0.508 e. The first-order valence-electron chi connectivity index (χ1n) is 5.61. The second-order valence-electron chi connectivity index (χ2n) is 4.72. The molecule has 0 aliphatic heterocycles. The highest BCUT2D eigenvalue weighted by Crippen LogP contribution is 2.32. The summed E-state index contributed by atoms with van der Waals surface area (Å²) in [6.45, 7) is 6.26. The molecular weight excluding hydrogens is 204 g/mol. The van der Waals surface area contributed by atoms with Gasteiger partial charge in [-0.3, -0.25) is 0 Å². The number of phenolic OH excluding ortho intramolecular Hbond substituents is 2. The summed E-state index contributed by atoms with van der Waals surface area (Å²) < 4.78 is 0. The predicted octanol–water partition coefficient (Wildman–Crippen LogP) is 2.81. The third-order valence-corrected chi connectivity index (χ3v) is 3.10. The molecule has 0 radical (unpaired) electrons. The van der Waals surface area contributed by atoms with Crippen LogP contribution in [0.3, 0.4) is 0 Å². The molecule has 0 aromatic heterocycles. The van der Waals surface area contributed by atoms with Gasteiger partial charge in [0, 0.05) is 5.56 Å². The van der Waals surface area contributed by atoms with Crippen molar-refractivity contribution in [3.05, 3.63) is 23.8 Å². The zero-order chi connectivity index (χ0) is 12.3. The number of phenols is 2. The van der Waals surface area contributed by atoms with Crippen LogP contribution in [0.4, 0.5) is 0 Å².